The number of halogens is 2. The van der Waals surface area contributed by atoms with Crippen LogP contribution in [0.25, 0.3) is 11.4 Å². The van der Waals surface area contributed by atoms with Crippen molar-refractivity contribution >= 4 is 0 Å². The molecule has 0 aliphatic carbocycles. The maximum atomic E-state index is 13.1. The first-order valence-corrected chi connectivity index (χ1v) is 6.13. The molecular formula is C13H15F2N3O. The number of benzene rings is 1. The molecule has 1 unspecified atom stereocenters. The van der Waals surface area contributed by atoms with Crippen LogP contribution in [-0.4, -0.2) is 16.2 Å². The van der Waals surface area contributed by atoms with Crippen molar-refractivity contribution in [3.8, 4) is 11.4 Å². The Balaban J connectivity index is 2.16. The van der Waals surface area contributed by atoms with Crippen LogP contribution in [0.15, 0.2) is 22.7 Å². The van der Waals surface area contributed by atoms with Crippen molar-refractivity contribution in [2.45, 2.75) is 32.2 Å². The molecule has 6 heteroatoms. The summed E-state index contributed by atoms with van der Waals surface area (Å²) in [5.74, 6) is -0.814. The summed E-state index contributed by atoms with van der Waals surface area (Å²) in [7, 11) is 0. The zero-order chi connectivity index (χ0) is 13.8. The van der Waals surface area contributed by atoms with Gasteiger partial charge >= 0.3 is 0 Å². The maximum Gasteiger partial charge on any atom is 0.228 e. The normalized spacial score (nSPS) is 12.6. The van der Waals surface area contributed by atoms with Gasteiger partial charge in [0.05, 0.1) is 0 Å². The first kappa shape index (κ1) is 13.6. The summed E-state index contributed by atoms with van der Waals surface area (Å²) in [5, 5.41) is 3.71. The summed E-state index contributed by atoms with van der Waals surface area (Å²) in [6.07, 6.45) is 2.28. The first-order chi connectivity index (χ1) is 9.08. The molecule has 1 atom stereocenters. The summed E-state index contributed by atoms with van der Waals surface area (Å²) >= 11 is 0. The Morgan fingerprint density at radius 3 is 2.58 bits per heavy atom. The van der Waals surface area contributed by atoms with Crippen LogP contribution in [0, 0.1) is 11.6 Å². The third kappa shape index (κ3) is 3.57. The predicted molar refractivity (Wildman–Crippen MR) is 66.2 cm³/mol. The SMILES string of the molecule is CCCC(N)Cc1nc(-c2cc(F)cc(F)c2)no1. The third-order valence-electron chi connectivity index (χ3n) is 2.69. The van der Waals surface area contributed by atoms with Gasteiger partial charge in [0.2, 0.25) is 11.7 Å². The summed E-state index contributed by atoms with van der Waals surface area (Å²) < 4.78 is 31.2. The largest absolute Gasteiger partial charge is 0.339 e. The average molecular weight is 267 g/mol. The molecule has 0 spiro atoms. The fourth-order valence-corrected chi connectivity index (χ4v) is 1.84. The molecule has 2 rings (SSSR count). The molecule has 102 valence electrons. The van der Waals surface area contributed by atoms with Crippen molar-refractivity contribution in [1.82, 2.24) is 10.1 Å². The number of rotatable bonds is 5. The van der Waals surface area contributed by atoms with Gasteiger partial charge in [-0.2, -0.15) is 4.98 Å². The summed E-state index contributed by atoms with van der Waals surface area (Å²) in [5.41, 5.74) is 6.11. The second-order valence-electron chi connectivity index (χ2n) is 4.42. The van der Waals surface area contributed by atoms with Crippen LogP contribution in [-0.2, 0) is 6.42 Å². The third-order valence-corrected chi connectivity index (χ3v) is 2.69. The van der Waals surface area contributed by atoms with Gasteiger partial charge in [-0.1, -0.05) is 18.5 Å². The quantitative estimate of drug-likeness (QED) is 0.904. The molecule has 2 aromatic rings. The van der Waals surface area contributed by atoms with Gasteiger partial charge in [0.1, 0.15) is 11.6 Å². The van der Waals surface area contributed by atoms with E-state index in [-0.39, 0.29) is 17.4 Å². The molecule has 1 aromatic carbocycles. The highest BCUT2D eigenvalue weighted by atomic mass is 19.1. The Morgan fingerprint density at radius 2 is 1.95 bits per heavy atom. The van der Waals surface area contributed by atoms with Gasteiger partial charge in [-0.3, -0.25) is 0 Å². The lowest BCUT2D eigenvalue weighted by molar-refractivity contribution is 0.366. The van der Waals surface area contributed by atoms with Gasteiger partial charge in [-0.15, -0.1) is 0 Å². The second-order valence-corrected chi connectivity index (χ2v) is 4.42. The monoisotopic (exact) mass is 267 g/mol. The Hall–Kier alpha value is -1.82. The fourth-order valence-electron chi connectivity index (χ4n) is 1.84. The number of hydrogen-bond acceptors (Lipinski definition) is 4. The summed E-state index contributed by atoms with van der Waals surface area (Å²) in [4.78, 5) is 4.09. The van der Waals surface area contributed by atoms with Crippen LogP contribution in [0.1, 0.15) is 25.7 Å². The molecule has 0 bridgehead atoms. The molecule has 0 aliphatic heterocycles. The second kappa shape index (κ2) is 5.88. The van der Waals surface area contributed by atoms with E-state index in [0.29, 0.717) is 12.3 Å². The van der Waals surface area contributed by atoms with Gasteiger partial charge < -0.3 is 10.3 Å². The van der Waals surface area contributed by atoms with Crippen molar-refractivity contribution in [1.29, 1.82) is 0 Å². The first-order valence-electron chi connectivity index (χ1n) is 6.13. The van der Waals surface area contributed by atoms with Crippen molar-refractivity contribution in [3.05, 3.63) is 35.7 Å². The van der Waals surface area contributed by atoms with Crippen molar-refractivity contribution in [3.63, 3.8) is 0 Å². The van der Waals surface area contributed by atoms with Crippen molar-refractivity contribution < 1.29 is 13.3 Å². The van der Waals surface area contributed by atoms with E-state index >= 15 is 0 Å². The Morgan fingerprint density at radius 1 is 1.26 bits per heavy atom. The molecule has 1 heterocycles. The number of hydrogen-bond donors (Lipinski definition) is 1. The Labute approximate surface area is 109 Å². The number of nitrogens with zero attached hydrogens (tertiary/aromatic N) is 2. The Bertz CT molecular complexity index is 536. The van der Waals surface area contributed by atoms with E-state index in [1.807, 2.05) is 6.92 Å². The summed E-state index contributed by atoms with van der Waals surface area (Å²) in [6, 6.07) is 3.05. The zero-order valence-electron chi connectivity index (χ0n) is 10.6. The lowest BCUT2D eigenvalue weighted by atomic mass is 10.1. The van der Waals surface area contributed by atoms with Crippen molar-refractivity contribution in [2.75, 3.05) is 0 Å². The Kier molecular flexibility index (Phi) is 4.21. The number of aromatic nitrogens is 2. The smallest absolute Gasteiger partial charge is 0.228 e. The standard InChI is InChI=1S/C13H15F2N3O/c1-2-3-11(16)7-12-17-13(18-19-12)8-4-9(14)6-10(15)5-8/h4-6,11H,2-3,7,16H2,1H3. The van der Waals surface area contributed by atoms with Gasteiger partial charge in [-0.05, 0) is 18.6 Å². The molecule has 4 nitrogen and oxygen atoms in total. The maximum absolute atomic E-state index is 13.1. The van der Waals surface area contributed by atoms with Crippen LogP contribution in [0.3, 0.4) is 0 Å². The number of nitrogens with two attached hydrogens (primary N) is 1. The molecule has 0 saturated carbocycles. The molecule has 1 aromatic heterocycles. The van der Waals surface area contributed by atoms with Crippen molar-refractivity contribution in [2.24, 2.45) is 5.73 Å². The van der Waals surface area contributed by atoms with Crippen LogP contribution in [0.4, 0.5) is 8.78 Å². The van der Waals surface area contributed by atoms with E-state index in [1.54, 1.807) is 0 Å². The predicted octanol–water partition coefficient (Wildman–Crippen LogP) is 2.68. The highest BCUT2D eigenvalue weighted by Gasteiger charge is 2.13. The van der Waals surface area contributed by atoms with Gasteiger partial charge in [0.25, 0.3) is 0 Å². The molecule has 0 aliphatic rings. The highest BCUT2D eigenvalue weighted by molar-refractivity contribution is 5.54. The van der Waals surface area contributed by atoms with E-state index in [9.17, 15) is 8.78 Å². The molecular weight excluding hydrogens is 252 g/mol. The van der Waals surface area contributed by atoms with Gasteiger partial charge in [-0.25, -0.2) is 8.78 Å². The van der Waals surface area contributed by atoms with E-state index < -0.39 is 11.6 Å². The minimum absolute atomic E-state index is 0.0532. The molecule has 2 N–H and O–H groups in total. The van der Waals surface area contributed by atoms with Crippen LogP contribution in [0.2, 0.25) is 0 Å². The zero-order valence-corrected chi connectivity index (χ0v) is 10.6. The van der Waals surface area contributed by atoms with E-state index in [2.05, 4.69) is 10.1 Å². The minimum Gasteiger partial charge on any atom is -0.339 e. The van der Waals surface area contributed by atoms with Gasteiger partial charge in [0, 0.05) is 24.1 Å². The van der Waals surface area contributed by atoms with E-state index in [0.717, 1.165) is 31.0 Å². The minimum atomic E-state index is -0.677. The fraction of sp³-hybridized carbons (Fsp3) is 0.385. The van der Waals surface area contributed by atoms with Crippen LogP contribution < -0.4 is 5.73 Å². The molecule has 0 radical (unpaired) electrons. The van der Waals surface area contributed by atoms with E-state index in [4.69, 9.17) is 10.3 Å². The van der Waals surface area contributed by atoms with E-state index in [1.165, 1.54) is 0 Å². The summed E-state index contributed by atoms with van der Waals surface area (Å²) in [6.45, 7) is 2.04. The lowest BCUT2D eigenvalue weighted by Crippen LogP contribution is -2.22. The highest BCUT2D eigenvalue weighted by Crippen LogP contribution is 2.19. The molecule has 19 heavy (non-hydrogen) atoms. The topological polar surface area (TPSA) is 64.9 Å². The van der Waals surface area contributed by atoms with Crippen LogP contribution >= 0.6 is 0 Å². The van der Waals surface area contributed by atoms with Gasteiger partial charge in [0.15, 0.2) is 0 Å². The average Bonchev–Trinajstić information content (AvgIpc) is 2.76. The molecule has 0 saturated heterocycles. The molecule has 0 fully saturated rings. The lowest BCUT2D eigenvalue weighted by Gasteiger charge is -2.05. The van der Waals surface area contributed by atoms with Crippen LogP contribution in [0.5, 0.6) is 0 Å². The molecule has 0 amide bonds.